The Balaban J connectivity index is 1.60. The summed E-state index contributed by atoms with van der Waals surface area (Å²) in [7, 11) is 1.68. The van der Waals surface area contributed by atoms with Gasteiger partial charge in [-0.2, -0.15) is 0 Å². The zero-order valence-electron chi connectivity index (χ0n) is 11.8. The van der Waals surface area contributed by atoms with E-state index >= 15 is 0 Å². The molecule has 1 saturated carbocycles. The van der Waals surface area contributed by atoms with E-state index in [0.29, 0.717) is 17.0 Å². The van der Waals surface area contributed by atoms with Gasteiger partial charge < -0.3 is 10.1 Å². The quantitative estimate of drug-likeness (QED) is 0.872. The summed E-state index contributed by atoms with van der Waals surface area (Å²) in [6.07, 6.45) is 2.06. The van der Waals surface area contributed by atoms with Crippen LogP contribution in [-0.2, 0) is 0 Å². The average molecular weight is 306 g/mol. The molecule has 1 aliphatic carbocycles. The maximum absolute atomic E-state index is 13.3. The van der Waals surface area contributed by atoms with E-state index in [0.717, 1.165) is 24.3 Å². The molecule has 21 heavy (non-hydrogen) atoms. The predicted octanol–water partition coefficient (Wildman–Crippen LogP) is 4.85. The zero-order valence-corrected chi connectivity index (χ0v) is 12.5. The molecule has 3 rings (SSSR count). The van der Waals surface area contributed by atoms with Gasteiger partial charge in [-0.1, -0.05) is 23.7 Å². The van der Waals surface area contributed by atoms with Crippen molar-refractivity contribution in [1.82, 2.24) is 0 Å². The van der Waals surface area contributed by atoms with E-state index < -0.39 is 0 Å². The van der Waals surface area contributed by atoms with Crippen LogP contribution in [0, 0.1) is 5.82 Å². The number of hydrogen-bond acceptors (Lipinski definition) is 2. The molecular formula is C17H17ClFNO. The summed E-state index contributed by atoms with van der Waals surface area (Å²) < 4.78 is 18.5. The van der Waals surface area contributed by atoms with Crippen LogP contribution in [0.1, 0.15) is 24.3 Å². The fourth-order valence-corrected chi connectivity index (χ4v) is 3.00. The summed E-state index contributed by atoms with van der Waals surface area (Å²) in [4.78, 5) is 0. The van der Waals surface area contributed by atoms with Gasteiger partial charge in [0.15, 0.2) is 0 Å². The minimum Gasteiger partial charge on any atom is -0.497 e. The van der Waals surface area contributed by atoms with Crippen LogP contribution in [0.15, 0.2) is 42.5 Å². The van der Waals surface area contributed by atoms with Crippen LogP contribution in [0.4, 0.5) is 10.1 Å². The molecule has 0 heterocycles. The van der Waals surface area contributed by atoms with Gasteiger partial charge >= 0.3 is 0 Å². The second-order valence-corrected chi connectivity index (χ2v) is 5.88. The van der Waals surface area contributed by atoms with E-state index in [1.165, 1.54) is 17.7 Å². The molecule has 4 heteroatoms. The Morgan fingerprint density at radius 2 is 2.00 bits per heavy atom. The molecule has 2 aromatic rings. The van der Waals surface area contributed by atoms with Crippen LogP contribution >= 0.6 is 11.6 Å². The second kappa shape index (κ2) is 5.94. The van der Waals surface area contributed by atoms with Gasteiger partial charge in [-0.25, -0.2) is 4.39 Å². The highest BCUT2D eigenvalue weighted by atomic mass is 35.5. The normalized spacial score (nSPS) is 20.7. The van der Waals surface area contributed by atoms with E-state index in [9.17, 15) is 4.39 Å². The monoisotopic (exact) mass is 305 g/mol. The van der Waals surface area contributed by atoms with Gasteiger partial charge in [-0.05, 0) is 54.7 Å². The van der Waals surface area contributed by atoms with Crippen LogP contribution in [0.2, 0.25) is 5.02 Å². The Bertz CT molecular complexity index is 620. The maximum Gasteiger partial charge on any atom is 0.126 e. The number of rotatable bonds is 4. The molecule has 1 N–H and O–H groups in total. The molecule has 0 unspecified atom stereocenters. The van der Waals surface area contributed by atoms with Crippen LogP contribution in [0.5, 0.6) is 5.75 Å². The fraction of sp³-hybridized carbons (Fsp3) is 0.294. The first kappa shape index (κ1) is 14.2. The van der Waals surface area contributed by atoms with Gasteiger partial charge in [-0.3, -0.25) is 0 Å². The lowest BCUT2D eigenvalue weighted by atomic mass is 9.76. The number of nitrogens with one attached hydrogen (secondary N) is 1. The van der Waals surface area contributed by atoms with Crippen molar-refractivity contribution in [3.63, 3.8) is 0 Å². The van der Waals surface area contributed by atoms with E-state index in [1.54, 1.807) is 13.2 Å². The first-order valence-corrected chi connectivity index (χ1v) is 7.38. The first-order valence-electron chi connectivity index (χ1n) is 7.00. The topological polar surface area (TPSA) is 21.3 Å². The fourth-order valence-electron chi connectivity index (χ4n) is 2.78. The summed E-state index contributed by atoms with van der Waals surface area (Å²) >= 11 is 5.86. The molecule has 2 nitrogen and oxygen atoms in total. The number of ether oxygens (including phenoxy) is 1. The standard InChI is InChI=1S/C17H17ClFNO/c1-21-17-4-2-3-11(7-17)12-5-15(6-12)20-16-9-13(18)8-14(19)10-16/h2-4,7-10,12,15,20H,5-6H2,1H3. The number of benzene rings is 2. The molecule has 0 spiro atoms. The second-order valence-electron chi connectivity index (χ2n) is 5.44. The summed E-state index contributed by atoms with van der Waals surface area (Å²) in [6.45, 7) is 0. The Kier molecular flexibility index (Phi) is 4.02. The first-order chi connectivity index (χ1) is 10.1. The van der Waals surface area contributed by atoms with Crippen molar-refractivity contribution in [1.29, 1.82) is 0 Å². The molecule has 0 bridgehead atoms. The summed E-state index contributed by atoms with van der Waals surface area (Å²) in [5.74, 6) is 1.11. The molecule has 0 aromatic heterocycles. The van der Waals surface area contributed by atoms with Gasteiger partial charge in [0.2, 0.25) is 0 Å². The number of halogens is 2. The molecule has 0 radical (unpaired) electrons. The number of methoxy groups -OCH3 is 1. The average Bonchev–Trinajstić information content (AvgIpc) is 2.41. The largest absolute Gasteiger partial charge is 0.497 e. The summed E-state index contributed by atoms with van der Waals surface area (Å²) in [5, 5.41) is 3.75. The maximum atomic E-state index is 13.3. The van der Waals surface area contributed by atoms with Crippen LogP contribution in [0.3, 0.4) is 0 Å². The van der Waals surface area contributed by atoms with E-state index in [2.05, 4.69) is 17.4 Å². The Morgan fingerprint density at radius 1 is 1.19 bits per heavy atom. The van der Waals surface area contributed by atoms with E-state index in [-0.39, 0.29) is 5.82 Å². The van der Waals surface area contributed by atoms with Crippen molar-refractivity contribution in [2.24, 2.45) is 0 Å². The van der Waals surface area contributed by atoms with Crippen molar-refractivity contribution in [3.8, 4) is 5.75 Å². The molecule has 1 aliphatic rings. The molecule has 0 aliphatic heterocycles. The lowest BCUT2D eigenvalue weighted by molar-refractivity contribution is 0.370. The minimum absolute atomic E-state index is 0.311. The number of anilines is 1. The molecule has 1 fully saturated rings. The van der Waals surface area contributed by atoms with Gasteiger partial charge in [0.1, 0.15) is 11.6 Å². The molecular weight excluding hydrogens is 289 g/mol. The SMILES string of the molecule is COc1cccc(C2CC(Nc3cc(F)cc(Cl)c3)C2)c1. The third kappa shape index (κ3) is 3.30. The van der Waals surface area contributed by atoms with Crippen LogP contribution < -0.4 is 10.1 Å². The van der Waals surface area contributed by atoms with Crippen molar-refractivity contribution in [2.45, 2.75) is 24.8 Å². The Hall–Kier alpha value is -1.74. The highest BCUT2D eigenvalue weighted by molar-refractivity contribution is 6.30. The smallest absolute Gasteiger partial charge is 0.126 e. The lowest BCUT2D eigenvalue weighted by Gasteiger charge is -2.37. The highest BCUT2D eigenvalue weighted by Gasteiger charge is 2.30. The van der Waals surface area contributed by atoms with Gasteiger partial charge in [0.05, 0.1) is 7.11 Å². The Morgan fingerprint density at radius 3 is 2.71 bits per heavy atom. The summed E-state index contributed by atoms with van der Waals surface area (Å²) in [6, 6.07) is 13.1. The minimum atomic E-state index is -0.311. The third-order valence-electron chi connectivity index (χ3n) is 3.94. The molecule has 0 amide bonds. The van der Waals surface area contributed by atoms with Crippen LogP contribution in [0.25, 0.3) is 0 Å². The lowest BCUT2D eigenvalue weighted by Crippen LogP contribution is -2.34. The molecule has 2 aromatic carbocycles. The Labute approximate surface area is 128 Å². The van der Waals surface area contributed by atoms with Gasteiger partial charge in [-0.15, -0.1) is 0 Å². The van der Waals surface area contributed by atoms with E-state index in [1.807, 2.05) is 12.1 Å². The summed E-state index contributed by atoms with van der Waals surface area (Å²) in [5.41, 5.74) is 2.04. The van der Waals surface area contributed by atoms with Crippen molar-refractivity contribution in [3.05, 3.63) is 58.9 Å². The van der Waals surface area contributed by atoms with Crippen molar-refractivity contribution in [2.75, 3.05) is 12.4 Å². The molecule has 110 valence electrons. The predicted molar refractivity (Wildman–Crippen MR) is 83.8 cm³/mol. The van der Waals surface area contributed by atoms with E-state index in [4.69, 9.17) is 16.3 Å². The zero-order chi connectivity index (χ0) is 14.8. The van der Waals surface area contributed by atoms with Crippen LogP contribution in [-0.4, -0.2) is 13.2 Å². The molecule has 0 saturated heterocycles. The third-order valence-corrected chi connectivity index (χ3v) is 4.15. The van der Waals surface area contributed by atoms with Crippen molar-refractivity contribution >= 4 is 17.3 Å². The van der Waals surface area contributed by atoms with Gasteiger partial charge in [0.25, 0.3) is 0 Å². The van der Waals surface area contributed by atoms with Crippen molar-refractivity contribution < 1.29 is 9.13 Å². The van der Waals surface area contributed by atoms with Gasteiger partial charge in [0, 0.05) is 16.8 Å². The number of hydrogen-bond donors (Lipinski definition) is 1. The highest BCUT2D eigenvalue weighted by Crippen LogP contribution is 2.39. The molecule has 0 atom stereocenters.